The van der Waals surface area contributed by atoms with Crippen LogP contribution >= 0.6 is 0 Å². The molecule has 0 saturated carbocycles. The van der Waals surface area contributed by atoms with Gasteiger partial charge in [0.15, 0.2) is 5.69 Å². The second-order valence-electron chi connectivity index (χ2n) is 4.84. The van der Waals surface area contributed by atoms with Gasteiger partial charge in [-0.25, -0.2) is 4.79 Å². The summed E-state index contributed by atoms with van der Waals surface area (Å²) in [5.74, 6) is -1.82. The van der Waals surface area contributed by atoms with E-state index in [4.69, 9.17) is 5.11 Å². The molecule has 19 heavy (non-hydrogen) atoms. The molecule has 104 valence electrons. The fourth-order valence-corrected chi connectivity index (χ4v) is 2.30. The number of amides is 1. The number of carbonyl (C=O) groups is 2. The SMILES string of the molecule is CC1CN(C)CCCN1C(=O)c1cc(C(=O)O)on1. The number of aromatic carboxylic acids is 1. The molecule has 1 aliphatic rings. The molecule has 0 spiro atoms. The van der Waals surface area contributed by atoms with Crippen LogP contribution < -0.4 is 0 Å². The van der Waals surface area contributed by atoms with Gasteiger partial charge in [0.05, 0.1) is 0 Å². The molecule has 1 atom stereocenters. The normalized spacial score (nSPS) is 21.2. The van der Waals surface area contributed by atoms with E-state index >= 15 is 0 Å². The molecular weight excluding hydrogens is 250 g/mol. The summed E-state index contributed by atoms with van der Waals surface area (Å²) in [6.45, 7) is 4.33. The molecule has 0 bridgehead atoms. The molecule has 2 heterocycles. The van der Waals surface area contributed by atoms with Gasteiger partial charge in [-0.2, -0.15) is 0 Å². The predicted molar refractivity (Wildman–Crippen MR) is 66.1 cm³/mol. The molecule has 0 aromatic carbocycles. The third-order valence-corrected chi connectivity index (χ3v) is 3.25. The zero-order valence-electron chi connectivity index (χ0n) is 11.0. The van der Waals surface area contributed by atoms with E-state index in [9.17, 15) is 9.59 Å². The van der Waals surface area contributed by atoms with Crippen LogP contribution in [0.5, 0.6) is 0 Å². The largest absolute Gasteiger partial charge is 0.475 e. The minimum absolute atomic E-state index is 0.0498. The van der Waals surface area contributed by atoms with Gasteiger partial charge < -0.3 is 19.4 Å². The van der Waals surface area contributed by atoms with Crippen molar-refractivity contribution in [2.24, 2.45) is 0 Å². The van der Waals surface area contributed by atoms with Crippen LogP contribution in [0.3, 0.4) is 0 Å². The number of carboxylic acid groups (broad SMARTS) is 1. The van der Waals surface area contributed by atoms with Crippen LogP contribution in [0, 0.1) is 0 Å². The number of carboxylic acids is 1. The number of likely N-dealkylation sites (N-methyl/N-ethyl adjacent to an activating group) is 1. The van der Waals surface area contributed by atoms with E-state index in [1.165, 1.54) is 6.07 Å². The van der Waals surface area contributed by atoms with E-state index in [2.05, 4.69) is 14.6 Å². The molecule has 1 aromatic heterocycles. The van der Waals surface area contributed by atoms with Gasteiger partial charge in [-0.3, -0.25) is 4.79 Å². The highest BCUT2D eigenvalue weighted by Crippen LogP contribution is 2.14. The summed E-state index contributed by atoms with van der Waals surface area (Å²) in [4.78, 5) is 26.9. The Labute approximate surface area is 110 Å². The zero-order valence-corrected chi connectivity index (χ0v) is 11.0. The molecule has 0 aliphatic carbocycles. The smallest absolute Gasteiger partial charge is 0.374 e. The monoisotopic (exact) mass is 267 g/mol. The van der Waals surface area contributed by atoms with E-state index in [-0.39, 0.29) is 23.4 Å². The minimum atomic E-state index is -1.23. The molecule has 0 radical (unpaired) electrons. The summed E-state index contributed by atoms with van der Waals surface area (Å²) in [5, 5.41) is 12.3. The molecule has 2 rings (SSSR count). The van der Waals surface area contributed by atoms with Crippen molar-refractivity contribution in [2.75, 3.05) is 26.7 Å². The number of carbonyl (C=O) groups excluding carboxylic acids is 1. The minimum Gasteiger partial charge on any atom is -0.475 e. The number of aromatic nitrogens is 1. The fraction of sp³-hybridized carbons (Fsp3) is 0.583. The Hall–Kier alpha value is -1.89. The topological polar surface area (TPSA) is 86.9 Å². The summed E-state index contributed by atoms with van der Waals surface area (Å²) in [6.07, 6.45) is 0.885. The predicted octanol–water partition coefficient (Wildman–Crippen LogP) is 0.539. The Morgan fingerprint density at radius 3 is 2.84 bits per heavy atom. The maximum absolute atomic E-state index is 12.3. The highest BCUT2D eigenvalue weighted by Gasteiger charge is 2.27. The van der Waals surface area contributed by atoms with E-state index in [1.54, 1.807) is 4.90 Å². The maximum atomic E-state index is 12.3. The quantitative estimate of drug-likeness (QED) is 0.841. The highest BCUT2D eigenvalue weighted by atomic mass is 16.5. The van der Waals surface area contributed by atoms with Crippen molar-refractivity contribution >= 4 is 11.9 Å². The summed E-state index contributed by atoms with van der Waals surface area (Å²) in [7, 11) is 2.02. The molecule has 1 N–H and O–H groups in total. The van der Waals surface area contributed by atoms with Crippen LogP contribution in [0.1, 0.15) is 34.4 Å². The van der Waals surface area contributed by atoms with Crippen LogP contribution in [0.4, 0.5) is 0 Å². The number of hydrogen-bond acceptors (Lipinski definition) is 5. The summed E-state index contributed by atoms with van der Waals surface area (Å²) in [6, 6.07) is 1.23. The van der Waals surface area contributed by atoms with Crippen molar-refractivity contribution in [1.82, 2.24) is 15.0 Å². The molecule has 7 heteroatoms. The first-order valence-electron chi connectivity index (χ1n) is 6.18. The molecule has 7 nitrogen and oxygen atoms in total. The lowest BCUT2D eigenvalue weighted by Crippen LogP contribution is -2.42. The fourth-order valence-electron chi connectivity index (χ4n) is 2.30. The summed E-state index contributed by atoms with van der Waals surface area (Å²) < 4.78 is 4.62. The van der Waals surface area contributed by atoms with Gasteiger partial charge in [0.1, 0.15) is 0 Å². The first-order chi connectivity index (χ1) is 8.99. The molecule has 1 fully saturated rings. The van der Waals surface area contributed by atoms with Gasteiger partial charge in [-0.1, -0.05) is 5.16 Å². The highest BCUT2D eigenvalue weighted by molar-refractivity contribution is 5.95. The number of hydrogen-bond donors (Lipinski definition) is 1. The molecular formula is C12H17N3O4. The Kier molecular flexibility index (Phi) is 3.84. The van der Waals surface area contributed by atoms with Crippen molar-refractivity contribution in [3.05, 3.63) is 17.5 Å². The van der Waals surface area contributed by atoms with E-state index in [0.29, 0.717) is 6.54 Å². The molecule has 1 saturated heterocycles. The van der Waals surface area contributed by atoms with Crippen molar-refractivity contribution < 1.29 is 19.2 Å². The summed E-state index contributed by atoms with van der Waals surface area (Å²) in [5.41, 5.74) is 0.0498. The summed E-state index contributed by atoms with van der Waals surface area (Å²) >= 11 is 0. The Balaban J connectivity index is 2.15. The first-order valence-corrected chi connectivity index (χ1v) is 6.18. The Bertz CT molecular complexity index is 485. The standard InChI is InChI=1S/C12H17N3O4/c1-8-7-14(2)4-3-5-15(8)11(16)9-6-10(12(17)18)19-13-9/h6,8H,3-5,7H2,1-2H3,(H,17,18). The Morgan fingerprint density at radius 2 is 2.21 bits per heavy atom. The van der Waals surface area contributed by atoms with Gasteiger partial charge in [0, 0.05) is 25.2 Å². The van der Waals surface area contributed by atoms with Crippen LogP contribution in [0.2, 0.25) is 0 Å². The van der Waals surface area contributed by atoms with Crippen molar-refractivity contribution in [3.63, 3.8) is 0 Å². The van der Waals surface area contributed by atoms with Gasteiger partial charge in [0.2, 0.25) is 5.76 Å². The third-order valence-electron chi connectivity index (χ3n) is 3.25. The van der Waals surface area contributed by atoms with Crippen LogP contribution in [-0.4, -0.2) is 64.7 Å². The zero-order chi connectivity index (χ0) is 14.0. The van der Waals surface area contributed by atoms with Gasteiger partial charge in [-0.15, -0.1) is 0 Å². The molecule has 1 aromatic rings. The van der Waals surface area contributed by atoms with Crippen LogP contribution in [-0.2, 0) is 0 Å². The molecule has 1 aliphatic heterocycles. The van der Waals surface area contributed by atoms with Gasteiger partial charge >= 0.3 is 5.97 Å². The van der Waals surface area contributed by atoms with Crippen molar-refractivity contribution in [2.45, 2.75) is 19.4 Å². The lowest BCUT2D eigenvalue weighted by Gasteiger charge is -2.27. The second kappa shape index (κ2) is 5.40. The van der Waals surface area contributed by atoms with Gasteiger partial charge in [-0.05, 0) is 26.9 Å². The first kappa shape index (κ1) is 13.5. The lowest BCUT2D eigenvalue weighted by atomic mass is 10.2. The van der Waals surface area contributed by atoms with Gasteiger partial charge in [0.25, 0.3) is 5.91 Å². The van der Waals surface area contributed by atoms with Crippen LogP contribution in [0.15, 0.2) is 10.6 Å². The van der Waals surface area contributed by atoms with Crippen molar-refractivity contribution in [3.8, 4) is 0 Å². The van der Waals surface area contributed by atoms with E-state index < -0.39 is 5.97 Å². The maximum Gasteiger partial charge on any atom is 0.374 e. The number of rotatable bonds is 2. The van der Waals surface area contributed by atoms with Crippen LogP contribution in [0.25, 0.3) is 0 Å². The average Bonchev–Trinajstić information content (AvgIpc) is 2.77. The lowest BCUT2D eigenvalue weighted by molar-refractivity contribution is 0.0643. The molecule has 1 amide bonds. The molecule has 1 unspecified atom stereocenters. The third kappa shape index (κ3) is 2.93. The van der Waals surface area contributed by atoms with E-state index in [0.717, 1.165) is 19.5 Å². The second-order valence-corrected chi connectivity index (χ2v) is 4.84. The average molecular weight is 267 g/mol. The number of nitrogens with zero attached hydrogens (tertiary/aromatic N) is 3. The van der Waals surface area contributed by atoms with Crippen molar-refractivity contribution in [1.29, 1.82) is 0 Å². The Morgan fingerprint density at radius 1 is 1.47 bits per heavy atom. The van der Waals surface area contributed by atoms with E-state index in [1.807, 2.05) is 14.0 Å².